The van der Waals surface area contributed by atoms with Crippen molar-refractivity contribution in [1.29, 1.82) is 0 Å². The average molecular weight is 363 g/mol. The number of carbonyl (C=O) groups excluding carboxylic acids is 1. The lowest BCUT2D eigenvalue weighted by atomic mass is 10.3. The van der Waals surface area contributed by atoms with Crippen molar-refractivity contribution in [2.24, 2.45) is 0 Å². The fourth-order valence-electron chi connectivity index (χ4n) is 2.79. The van der Waals surface area contributed by atoms with Crippen LogP contribution in [0.2, 0.25) is 0 Å². The van der Waals surface area contributed by atoms with Crippen molar-refractivity contribution in [1.82, 2.24) is 19.6 Å². The molecule has 0 aliphatic rings. The molecule has 4 aromatic rings. The van der Waals surface area contributed by atoms with Crippen molar-refractivity contribution in [3.63, 3.8) is 0 Å². The minimum Gasteiger partial charge on any atom is -0.325 e. The highest BCUT2D eigenvalue weighted by Crippen LogP contribution is 2.26. The van der Waals surface area contributed by atoms with Crippen LogP contribution >= 0.6 is 11.8 Å². The molecule has 2 aromatic carbocycles. The second-order valence-electron chi connectivity index (χ2n) is 5.74. The van der Waals surface area contributed by atoms with E-state index in [1.54, 1.807) is 0 Å². The molecule has 6 nitrogen and oxygen atoms in total. The molecule has 0 aliphatic carbocycles. The van der Waals surface area contributed by atoms with Gasteiger partial charge in [-0.25, -0.2) is 4.98 Å². The molecule has 2 heterocycles. The van der Waals surface area contributed by atoms with Gasteiger partial charge >= 0.3 is 0 Å². The number of nitrogens with zero attached hydrogens (tertiary/aromatic N) is 4. The van der Waals surface area contributed by atoms with E-state index in [9.17, 15) is 4.79 Å². The van der Waals surface area contributed by atoms with E-state index in [1.807, 2.05) is 65.9 Å². The Kier molecular flexibility index (Phi) is 4.53. The molecule has 0 saturated heterocycles. The average Bonchev–Trinajstić information content (AvgIpc) is 3.11. The third kappa shape index (κ3) is 3.13. The molecule has 7 heteroatoms. The van der Waals surface area contributed by atoms with E-state index in [0.717, 1.165) is 29.0 Å². The van der Waals surface area contributed by atoms with Gasteiger partial charge in [0.25, 0.3) is 0 Å². The maximum Gasteiger partial charge on any atom is 0.234 e. The van der Waals surface area contributed by atoms with E-state index in [0.29, 0.717) is 10.7 Å². The monoisotopic (exact) mass is 363 g/mol. The van der Waals surface area contributed by atoms with Crippen molar-refractivity contribution < 1.29 is 4.79 Å². The van der Waals surface area contributed by atoms with Crippen LogP contribution in [0, 0.1) is 0 Å². The molecule has 2 aromatic heterocycles. The molecule has 0 saturated carbocycles. The van der Waals surface area contributed by atoms with Gasteiger partial charge in [0, 0.05) is 12.1 Å². The molecule has 0 spiro atoms. The summed E-state index contributed by atoms with van der Waals surface area (Å²) in [7, 11) is 0. The first-order chi connectivity index (χ1) is 12.8. The molecular weight excluding hydrogens is 346 g/mol. The Morgan fingerprint density at radius 3 is 2.65 bits per heavy atom. The van der Waals surface area contributed by atoms with Crippen LogP contribution in [0.1, 0.15) is 12.7 Å². The summed E-state index contributed by atoms with van der Waals surface area (Å²) >= 11 is 1.37. The smallest absolute Gasteiger partial charge is 0.234 e. The lowest BCUT2D eigenvalue weighted by molar-refractivity contribution is -0.113. The maximum atomic E-state index is 12.2. The predicted octanol–water partition coefficient (Wildman–Crippen LogP) is 3.57. The molecular formula is C19H17N5OS. The Balaban J connectivity index is 1.63. The van der Waals surface area contributed by atoms with Gasteiger partial charge in [-0.15, -0.1) is 10.2 Å². The molecule has 130 valence electrons. The van der Waals surface area contributed by atoms with Crippen molar-refractivity contribution in [3.8, 4) is 0 Å². The minimum atomic E-state index is -0.0791. The van der Waals surface area contributed by atoms with Crippen LogP contribution in [0.3, 0.4) is 0 Å². The molecule has 0 radical (unpaired) electrons. The normalized spacial score (nSPS) is 11.1. The van der Waals surface area contributed by atoms with E-state index < -0.39 is 0 Å². The first-order valence-corrected chi connectivity index (χ1v) is 9.35. The van der Waals surface area contributed by atoms with Crippen LogP contribution in [-0.2, 0) is 11.2 Å². The number of carbonyl (C=O) groups is 1. The third-order valence-electron chi connectivity index (χ3n) is 3.98. The fourth-order valence-corrected chi connectivity index (χ4v) is 3.56. The molecule has 0 aliphatic heterocycles. The van der Waals surface area contributed by atoms with Crippen LogP contribution in [0.5, 0.6) is 0 Å². The van der Waals surface area contributed by atoms with Crippen LogP contribution in [-0.4, -0.2) is 31.2 Å². The molecule has 1 N–H and O–H groups in total. The lowest BCUT2D eigenvalue weighted by Gasteiger charge is -2.08. The van der Waals surface area contributed by atoms with Gasteiger partial charge in [0.2, 0.25) is 5.91 Å². The zero-order valence-corrected chi connectivity index (χ0v) is 15.0. The van der Waals surface area contributed by atoms with E-state index in [1.165, 1.54) is 11.8 Å². The first kappa shape index (κ1) is 16.5. The van der Waals surface area contributed by atoms with Crippen molar-refractivity contribution in [2.45, 2.75) is 18.4 Å². The molecule has 0 unspecified atom stereocenters. The highest BCUT2D eigenvalue weighted by molar-refractivity contribution is 8.00. The largest absolute Gasteiger partial charge is 0.325 e. The molecule has 4 rings (SSSR count). The Bertz CT molecular complexity index is 1080. The number of hydrogen-bond donors (Lipinski definition) is 1. The van der Waals surface area contributed by atoms with Crippen LogP contribution in [0.4, 0.5) is 5.69 Å². The van der Waals surface area contributed by atoms with Gasteiger partial charge in [-0.1, -0.05) is 49.0 Å². The van der Waals surface area contributed by atoms with Gasteiger partial charge in [0.15, 0.2) is 5.65 Å². The molecule has 0 atom stereocenters. The van der Waals surface area contributed by atoms with Crippen molar-refractivity contribution in [2.75, 3.05) is 11.1 Å². The SMILES string of the molecule is CCc1nnc2c(SCC(=O)Nc3ccccc3)nc3ccccc3n12. The summed E-state index contributed by atoms with van der Waals surface area (Å²) in [5, 5.41) is 12.2. The predicted molar refractivity (Wildman–Crippen MR) is 103 cm³/mol. The Morgan fingerprint density at radius 2 is 1.85 bits per heavy atom. The Hall–Kier alpha value is -2.93. The maximum absolute atomic E-state index is 12.2. The number of nitrogens with one attached hydrogen (secondary N) is 1. The molecule has 26 heavy (non-hydrogen) atoms. The van der Waals surface area contributed by atoms with Crippen molar-refractivity contribution >= 4 is 40.0 Å². The number of fused-ring (bicyclic) bond motifs is 3. The molecule has 0 bridgehead atoms. The highest BCUT2D eigenvalue weighted by Gasteiger charge is 2.15. The fraction of sp³-hybridized carbons (Fsp3) is 0.158. The standard InChI is InChI=1S/C19H17N5OS/c1-2-16-22-23-18-19(21-14-10-6-7-11-15(14)24(16)18)26-12-17(25)20-13-8-4-3-5-9-13/h3-11H,2,12H2,1H3,(H,20,25). The molecule has 1 amide bonds. The lowest BCUT2D eigenvalue weighted by Crippen LogP contribution is -2.14. The second kappa shape index (κ2) is 7.13. The number of thioether (sulfide) groups is 1. The number of amides is 1. The van der Waals surface area contributed by atoms with E-state index in [4.69, 9.17) is 0 Å². The summed E-state index contributed by atoms with van der Waals surface area (Å²) in [5.74, 6) is 1.06. The van der Waals surface area contributed by atoms with E-state index in [2.05, 4.69) is 20.5 Å². The summed E-state index contributed by atoms with van der Waals surface area (Å²) in [4.78, 5) is 16.9. The number of para-hydroxylation sites is 3. The van der Waals surface area contributed by atoms with Gasteiger partial charge in [-0.2, -0.15) is 0 Å². The van der Waals surface area contributed by atoms with Gasteiger partial charge in [0.1, 0.15) is 10.9 Å². The van der Waals surface area contributed by atoms with Gasteiger partial charge < -0.3 is 5.32 Å². The third-order valence-corrected chi connectivity index (χ3v) is 4.93. The quantitative estimate of drug-likeness (QED) is 0.549. The number of rotatable bonds is 5. The van der Waals surface area contributed by atoms with Crippen LogP contribution in [0.25, 0.3) is 16.7 Å². The number of aryl methyl sites for hydroxylation is 1. The summed E-state index contributed by atoms with van der Waals surface area (Å²) in [6.45, 7) is 2.05. The van der Waals surface area contributed by atoms with Crippen molar-refractivity contribution in [3.05, 3.63) is 60.4 Å². The van der Waals surface area contributed by atoms with E-state index >= 15 is 0 Å². The zero-order chi connectivity index (χ0) is 17.9. The molecule has 0 fully saturated rings. The Labute approximate surface area is 154 Å². The van der Waals surface area contributed by atoms with Gasteiger partial charge in [-0.3, -0.25) is 9.20 Å². The number of hydrogen-bond acceptors (Lipinski definition) is 5. The summed E-state index contributed by atoms with van der Waals surface area (Å²) < 4.78 is 2.03. The van der Waals surface area contributed by atoms with Crippen LogP contribution in [0.15, 0.2) is 59.6 Å². The number of benzene rings is 2. The van der Waals surface area contributed by atoms with Gasteiger partial charge in [-0.05, 0) is 24.3 Å². The topological polar surface area (TPSA) is 72.2 Å². The van der Waals surface area contributed by atoms with Crippen LogP contribution < -0.4 is 5.32 Å². The minimum absolute atomic E-state index is 0.0791. The number of aromatic nitrogens is 4. The second-order valence-corrected chi connectivity index (χ2v) is 6.70. The van der Waals surface area contributed by atoms with Gasteiger partial charge in [0.05, 0.1) is 16.8 Å². The number of anilines is 1. The highest BCUT2D eigenvalue weighted by atomic mass is 32.2. The summed E-state index contributed by atoms with van der Waals surface area (Å²) in [6.07, 6.45) is 0.772. The van der Waals surface area contributed by atoms with E-state index in [-0.39, 0.29) is 11.7 Å². The summed E-state index contributed by atoms with van der Waals surface area (Å²) in [6, 6.07) is 17.3. The first-order valence-electron chi connectivity index (χ1n) is 8.36. The summed E-state index contributed by atoms with van der Waals surface area (Å²) in [5.41, 5.74) is 3.31. The zero-order valence-electron chi connectivity index (χ0n) is 14.2. The Morgan fingerprint density at radius 1 is 1.08 bits per heavy atom.